The van der Waals surface area contributed by atoms with Crippen LogP contribution in [0.2, 0.25) is 0 Å². The lowest BCUT2D eigenvalue weighted by atomic mass is 9.73. The number of hydrogen-bond acceptors (Lipinski definition) is 3. The SMILES string of the molecule is COc1ccc(NC2CC(C(C)C)C2)cc1OC(F)F. The summed E-state index contributed by atoms with van der Waals surface area (Å²) in [4.78, 5) is 0. The first-order valence-electron chi connectivity index (χ1n) is 6.89. The Morgan fingerprint density at radius 3 is 2.45 bits per heavy atom. The maximum atomic E-state index is 12.4. The molecule has 1 saturated carbocycles. The highest BCUT2D eigenvalue weighted by atomic mass is 19.3. The predicted molar refractivity (Wildman–Crippen MR) is 74.6 cm³/mol. The van der Waals surface area contributed by atoms with Crippen LogP contribution in [0.15, 0.2) is 18.2 Å². The van der Waals surface area contributed by atoms with Gasteiger partial charge < -0.3 is 14.8 Å². The van der Waals surface area contributed by atoms with Crippen molar-refractivity contribution >= 4 is 5.69 Å². The van der Waals surface area contributed by atoms with Crippen molar-refractivity contribution in [1.29, 1.82) is 0 Å². The van der Waals surface area contributed by atoms with Gasteiger partial charge in [0.2, 0.25) is 0 Å². The number of benzene rings is 1. The zero-order chi connectivity index (χ0) is 14.7. The van der Waals surface area contributed by atoms with Crippen molar-refractivity contribution in [3.63, 3.8) is 0 Å². The molecule has 0 unspecified atom stereocenters. The van der Waals surface area contributed by atoms with Gasteiger partial charge in [0.25, 0.3) is 0 Å². The van der Waals surface area contributed by atoms with Gasteiger partial charge in [-0.15, -0.1) is 0 Å². The van der Waals surface area contributed by atoms with Crippen LogP contribution < -0.4 is 14.8 Å². The third-order valence-corrected chi connectivity index (χ3v) is 3.87. The van der Waals surface area contributed by atoms with Crippen molar-refractivity contribution in [3.8, 4) is 11.5 Å². The molecule has 0 amide bonds. The Morgan fingerprint density at radius 1 is 1.20 bits per heavy atom. The summed E-state index contributed by atoms with van der Waals surface area (Å²) in [6.07, 6.45) is 2.24. The van der Waals surface area contributed by atoms with E-state index in [1.807, 2.05) is 6.07 Å². The van der Waals surface area contributed by atoms with E-state index in [1.165, 1.54) is 7.11 Å². The Kier molecular flexibility index (Phi) is 4.68. The van der Waals surface area contributed by atoms with Crippen molar-refractivity contribution in [1.82, 2.24) is 0 Å². The lowest BCUT2D eigenvalue weighted by molar-refractivity contribution is -0.0511. The minimum absolute atomic E-state index is 0.0623. The van der Waals surface area contributed by atoms with Crippen molar-refractivity contribution in [2.24, 2.45) is 11.8 Å². The third kappa shape index (κ3) is 3.52. The van der Waals surface area contributed by atoms with Gasteiger partial charge in [0.15, 0.2) is 11.5 Å². The van der Waals surface area contributed by atoms with Crippen molar-refractivity contribution in [3.05, 3.63) is 18.2 Å². The van der Waals surface area contributed by atoms with Gasteiger partial charge in [0.1, 0.15) is 0 Å². The number of halogens is 2. The van der Waals surface area contributed by atoms with E-state index in [-0.39, 0.29) is 5.75 Å². The van der Waals surface area contributed by atoms with E-state index in [4.69, 9.17) is 4.74 Å². The van der Waals surface area contributed by atoms with Crippen molar-refractivity contribution < 1.29 is 18.3 Å². The van der Waals surface area contributed by atoms with E-state index in [1.54, 1.807) is 12.1 Å². The average Bonchev–Trinajstić information content (AvgIpc) is 2.32. The van der Waals surface area contributed by atoms with Crippen LogP contribution in [-0.4, -0.2) is 19.8 Å². The molecule has 0 atom stereocenters. The Labute approximate surface area is 118 Å². The van der Waals surface area contributed by atoms with Gasteiger partial charge in [0, 0.05) is 17.8 Å². The highest BCUT2D eigenvalue weighted by molar-refractivity contribution is 5.55. The molecule has 1 N–H and O–H groups in total. The molecule has 0 heterocycles. The van der Waals surface area contributed by atoms with Crippen LogP contribution in [0.1, 0.15) is 26.7 Å². The Morgan fingerprint density at radius 2 is 1.90 bits per heavy atom. The minimum Gasteiger partial charge on any atom is -0.493 e. The first kappa shape index (κ1) is 14.9. The molecular formula is C15H21F2NO2. The standard InChI is InChI=1S/C15H21F2NO2/c1-9(2)10-6-12(7-10)18-11-4-5-13(19-3)14(8-11)20-15(16)17/h4-5,8-10,12,15,18H,6-7H2,1-3H3. The van der Waals surface area contributed by atoms with E-state index in [9.17, 15) is 8.78 Å². The molecule has 0 bridgehead atoms. The zero-order valence-corrected chi connectivity index (χ0v) is 12.0. The van der Waals surface area contributed by atoms with Gasteiger partial charge in [-0.2, -0.15) is 8.78 Å². The summed E-state index contributed by atoms with van der Waals surface area (Å²) in [5.41, 5.74) is 0.786. The first-order valence-corrected chi connectivity index (χ1v) is 6.89. The van der Waals surface area contributed by atoms with Crippen LogP contribution >= 0.6 is 0 Å². The second kappa shape index (κ2) is 6.29. The van der Waals surface area contributed by atoms with E-state index in [0.29, 0.717) is 17.7 Å². The smallest absolute Gasteiger partial charge is 0.387 e. The summed E-state index contributed by atoms with van der Waals surface area (Å²) >= 11 is 0. The average molecular weight is 285 g/mol. The maximum Gasteiger partial charge on any atom is 0.387 e. The number of anilines is 1. The highest BCUT2D eigenvalue weighted by Gasteiger charge is 2.31. The fourth-order valence-corrected chi connectivity index (χ4v) is 2.51. The molecule has 112 valence electrons. The monoisotopic (exact) mass is 285 g/mol. The van der Waals surface area contributed by atoms with E-state index < -0.39 is 6.61 Å². The summed E-state index contributed by atoms with van der Waals surface area (Å²) in [7, 11) is 1.43. The van der Waals surface area contributed by atoms with Crippen LogP contribution in [0.25, 0.3) is 0 Å². The number of alkyl halides is 2. The first-order chi connectivity index (χ1) is 9.49. The molecule has 1 aromatic carbocycles. The molecule has 0 aliphatic heterocycles. The predicted octanol–water partition coefficient (Wildman–Crippen LogP) is 4.14. The van der Waals surface area contributed by atoms with Crippen LogP contribution in [0.3, 0.4) is 0 Å². The molecule has 0 radical (unpaired) electrons. The van der Waals surface area contributed by atoms with E-state index >= 15 is 0 Å². The Hall–Kier alpha value is -1.52. The molecule has 3 nitrogen and oxygen atoms in total. The number of methoxy groups -OCH3 is 1. The van der Waals surface area contributed by atoms with Crippen LogP contribution in [0.5, 0.6) is 11.5 Å². The molecule has 0 spiro atoms. The van der Waals surface area contributed by atoms with Crippen LogP contribution in [0, 0.1) is 11.8 Å². The molecular weight excluding hydrogens is 264 g/mol. The van der Waals surface area contributed by atoms with Gasteiger partial charge in [-0.05, 0) is 36.8 Å². The second-order valence-corrected chi connectivity index (χ2v) is 5.56. The summed E-state index contributed by atoms with van der Waals surface area (Å²) in [5, 5.41) is 3.35. The number of hydrogen-bond donors (Lipinski definition) is 1. The number of rotatable bonds is 6. The quantitative estimate of drug-likeness (QED) is 0.852. The summed E-state index contributed by atoms with van der Waals surface area (Å²) < 4.78 is 34.2. The largest absolute Gasteiger partial charge is 0.493 e. The van der Waals surface area contributed by atoms with Crippen LogP contribution in [0.4, 0.5) is 14.5 Å². The van der Waals surface area contributed by atoms with Gasteiger partial charge in [-0.1, -0.05) is 13.8 Å². The molecule has 20 heavy (non-hydrogen) atoms. The molecule has 1 aromatic rings. The third-order valence-electron chi connectivity index (χ3n) is 3.87. The minimum atomic E-state index is -2.85. The van der Waals surface area contributed by atoms with Crippen molar-refractivity contribution in [2.75, 3.05) is 12.4 Å². The lowest BCUT2D eigenvalue weighted by Gasteiger charge is -2.39. The molecule has 0 aromatic heterocycles. The maximum absolute atomic E-state index is 12.4. The fraction of sp³-hybridized carbons (Fsp3) is 0.600. The second-order valence-electron chi connectivity index (χ2n) is 5.56. The zero-order valence-electron chi connectivity index (χ0n) is 12.0. The summed E-state index contributed by atoms with van der Waals surface area (Å²) in [5.74, 6) is 1.82. The molecule has 0 saturated heterocycles. The highest BCUT2D eigenvalue weighted by Crippen LogP contribution is 2.37. The molecule has 5 heteroatoms. The van der Waals surface area contributed by atoms with Crippen molar-refractivity contribution in [2.45, 2.75) is 39.3 Å². The summed E-state index contributed by atoms with van der Waals surface area (Å²) in [6.45, 7) is 1.60. The van der Waals surface area contributed by atoms with Gasteiger partial charge in [-0.25, -0.2) is 0 Å². The van der Waals surface area contributed by atoms with Gasteiger partial charge in [-0.3, -0.25) is 0 Å². The van der Waals surface area contributed by atoms with Gasteiger partial charge >= 0.3 is 6.61 Å². The lowest BCUT2D eigenvalue weighted by Crippen LogP contribution is -2.37. The summed E-state index contributed by atoms with van der Waals surface area (Å²) in [6, 6.07) is 5.43. The number of ether oxygens (including phenoxy) is 2. The van der Waals surface area contributed by atoms with E-state index in [0.717, 1.165) is 24.4 Å². The molecule has 1 aliphatic carbocycles. The number of nitrogens with one attached hydrogen (secondary N) is 1. The molecule has 2 rings (SSSR count). The normalized spacial score (nSPS) is 21.8. The van der Waals surface area contributed by atoms with E-state index in [2.05, 4.69) is 23.9 Å². The Balaban J connectivity index is 1.99. The fourth-order valence-electron chi connectivity index (χ4n) is 2.51. The van der Waals surface area contributed by atoms with Crippen LogP contribution in [-0.2, 0) is 0 Å². The molecule has 1 aliphatic rings. The topological polar surface area (TPSA) is 30.5 Å². The molecule has 1 fully saturated rings. The van der Waals surface area contributed by atoms with Gasteiger partial charge in [0.05, 0.1) is 7.11 Å². The Bertz CT molecular complexity index is 445.